The van der Waals surface area contributed by atoms with Crippen LogP contribution in [-0.4, -0.2) is 33.9 Å². The summed E-state index contributed by atoms with van der Waals surface area (Å²) in [5.41, 5.74) is 3.72. The smallest absolute Gasteiger partial charge is 0.244 e. The lowest BCUT2D eigenvalue weighted by atomic mass is 9.83. The van der Waals surface area contributed by atoms with Crippen LogP contribution < -0.4 is 18.6 Å². The van der Waals surface area contributed by atoms with Crippen molar-refractivity contribution in [3.05, 3.63) is 168 Å². The number of carbonyl (C=O) groups excluding carboxylic acids is 2. The quantitative estimate of drug-likeness (QED) is 0.185. The third kappa shape index (κ3) is 6.23. The van der Waals surface area contributed by atoms with Gasteiger partial charge in [0.25, 0.3) is 0 Å². The zero-order valence-corrected chi connectivity index (χ0v) is 25.4. The Balaban J connectivity index is 1.05. The number of fused-ring (bicyclic) bond motifs is 2. The van der Waals surface area contributed by atoms with E-state index in [1.54, 1.807) is 36.4 Å². The summed E-state index contributed by atoms with van der Waals surface area (Å²) >= 11 is 0. The van der Waals surface area contributed by atoms with Gasteiger partial charge in [-0.3, -0.25) is 9.59 Å². The van der Waals surface area contributed by atoms with Crippen LogP contribution in [0.3, 0.4) is 0 Å². The first-order chi connectivity index (χ1) is 22.6. The van der Waals surface area contributed by atoms with Gasteiger partial charge < -0.3 is 9.47 Å². The molecule has 1 aliphatic carbocycles. The Labute approximate surface area is 267 Å². The second kappa shape index (κ2) is 13.1. The van der Waals surface area contributed by atoms with Crippen molar-refractivity contribution in [2.75, 3.05) is 13.2 Å². The van der Waals surface area contributed by atoms with Crippen molar-refractivity contribution in [1.29, 1.82) is 0 Å². The van der Waals surface area contributed by atoms with Gasteiger partial charge in [-0.2, -0.15) is 0 Å². The number of ether oxygens (including phenoxy) is 2. The first-order valence-electron chi connectivity index (χ1n) is 15.4. The van der Waals surface area contributed by atoms with Gasteiger partial charge in [0.15, 0.2) is 11.6 Å². The molecule has 0 bridgehead atoms. The van der Waals surface area contributed by atoms with Crippen LogP contribution in [0.25, 0.3) is 0 Å². The van der Waals surface area contributed by atoms with Crippen LogP contribution in [0.4, 0.5) is 0 Å². The van der Waals surface area contributed by atoms with Gasteiger partial charge in [0.1, 0.15) is 75.7 Å². The molecule has 0 saturated carbocycles. The Kier molecular flexibility index (Phi) is 8.24. The highest BCUT2D eigenvalue weighted by Crippen LogP contribution is 2.38. The topological polar surface area (TPSA) is 70.2 Å². The van der Waals surface area contributed by atoms with Gasteiger partial charge in [-0.1, -0.05) is 84.9 Å². The number of carbonyl (C=O) groups is 2. The molecule has 8 heteroatoms. The fourth-order valence-electron chi connectivity index (χ4n) is 5.84. The summed E-state index contributed by atoms with van der Waals surface area (Å²) < 4.78 is 20.7. The second-order valence-corrected chi connectivity index (χ2v) is 11.3. The van der Waals surface area contributed by atoms with Crippen molar-refractivity contribution < 1.29 is 28.2 Å². The molecule has 2 heterocycles. The van der Waals surface area contributed by atoms with Gasteiger partial charge in [-0.15, -0.1) is 0 Å². The lowest BCUT2D eigenvalue weighted by molar-refractivity contribution is -0.688. The Bertz CT molecular complexity index is 1850. The molecular formula is C38H34N4O4+2. The van der Waals surface area contributed by atoms with Gasteiger partial charge in [0.05, 0.1) is 11.1 Å². The molecular weight excluding hydrogens is 576 g/mol. The average molecular weight is 611 g/mol. The predicted molar refractivity (Wildman–Crippen MR) is 171 cm³/mol. The third-order valence-electron chi connectivity index (χ3n) is 8.12. The molecule has 0 amide bonds. The molecule has 0 N–H and O–H groups in total. The van der Waals surface area contributed by atoms with E-state index >= 15 is 0 Å². The fraction of sp³-hybridized carbons (Fsp3) is 0.158. The molecule has 0 unspecified atom stereocenters. The molecule has 2 aromatic heterocycles. The molecule has 4 aromatic carbocycles. The van der Waals surface area contributed by atoms with Crippen molar-refractivity contribution >= 4 is 11.6 Å². The number of aromatic nitrogens is 4. The van der Waals surface area contributed by atoms with Crippen LogP contribution in [0.5, 0.6) is 11.5 Å². The number of hydrogen-bond acceptors (Lipinski definition) is 4. The molecule has 7 rings (SSSR count). The second-order valence-electron chi connectivity index (χ2n) is 11.3. The van der Waals surface area contributed by atoms with Crippen molar-refractivity contribution in [1.82, 2.24) is 9.13 Å². The number of benzene rings is 4. The van der Waals surface area contributed by atoms with E-state index in [0.717, 1.165) is 13.1 Å². The summed E-state index contributed by atoms with van der Waals surface area (Å²) in [6.45, 7) is 3.36. The summed E-state index contributed by atoms with van der Waals surface area (Å²) in [5.74, 6) is 0.290. The van der Waals surface area contributed by atoms with E-state index in [2.05, 4.69) is 33.4 Å². The SMILES string of the molecule is O=C1c2ccccc2C(=O)c2c(OCCn3cc[n+](Cc4ccccc4)c3)ccc(OCCn3cc[n+](Cc4ccccc4)c3)c21. The molecule has 0 atom stereocenters. The van der Waals surface area contributed by atoms with Gasteiger partial charge in [-0.05, 0) is 23.3 Å². The van der Waals surface area contributed by atoms with Crippen LogP contribution in [0.15, 0.2) is 135 Å². The zero-order valence-electron chi connectivity index (χ0n) is 25.4. The molecule has 0 aliphatic heterocycles. The maximum Gasteiger partial charge on any atom is 0.244 e. The first-order valence-corrected chi connectivity index (χ1v) is 15.4. The van der Waals surface area contributed by atoms with Crippen LogP contribution in [0.2, 0.25) is 0 Å². The van der Waals surface area contributed by atoms with Crippen LogP contribution in [0.1, 0.15) is 43.0 Å². The maximum atomic E-state index is 13.8. The van der Waals surface area contributed by atoms with Gasteiger partial charge in [-0.25, -0.2) is 18.3 Å². The molecule has 0 radical (unpaired) electrons. The molecule has 228 valence electrons. The largest absolute Gasteiger partial charge is 0.489 e. The number of imidazole rings is 2. The summed E-state index contributed by atoms with van der Waals surface area (Å²) in [5, 5.41) is 0. The van der Waals surface area contributed by atoms with Crippen LogP contribution >= 0.6 is 0 Å². The minimum Gasteiger partial charge on any atom is -0.489 e. The van der Waals surface area contributed by atoms with E-state index in [9.17, 15) is 9.59 Å². The lowest BCUT2D eigenvalue weighted by Gasteiger charge is -2.22. The molecule has 46 heavy (non-hydrogen) atoms. The number of ketones is 2. The predicted octanol–water partition coefficient (Wildman–Crippen LogP) is 4.89. The van der Waals surface area contributed by atoms with Crippen molar-refractivity contribution in [2.45, 2.75) is 26.2 Å². The molecule has 6 aromatic rings. The standard InChI is InChI=1S/C38H34N4O4/c43-37-31-13-7-8-14-32(31)38(44)36-34(46-24-22-40-18-20-42(28-40)26-30-11-5-2-6-12-30)16-15-33(35(36)37)45-23-21-39-17-19-41(27-39)25-29-9-3-1-4-10-29/h1-20,27-28H,21-26H2/q+2. The Morgan fingerprint density at radius 2 is 0.935 bits per heavy atom. The molecule has 0 fully saturated rings. The monoisotopic (exact) mass is 610 g/mol. The highest BCUT2D eigenvalue weighted by atomic mass is 16.5. The lowest BCUT2D eigenvalue weighted by Crippen LogP contribution is -2.31. The van der Waals surface area contributed by atoms with Gasteiger partial charge in [0, 0.05) is 11.1 Å². The van der Waals surface area contributed by atoms with Crippen molar-refractivity contribution in [3.8, 4) is 11.5 Å². The van der Waals surface area contributed by atoms with E-state index in [1.165, 1.54) is 11.1 Å². The fourth-order valence-corrected chi connectivity index (χ4v) is 5.84. The molecule has 0 spiro atoms. The number of nitrogens with zero attached hydrogens (tertiary/aromatic N) is 4. The van der Waals surface area contributed by atoms with E-state index in [-0.39, 0.29) is 22.7 Å². The molecule has 8 nitrogen and oxygen atoms in total. The summed E-state index contributed by atoms with van der Waals surface area (Å²) in [4.78, 5) is 27.6. The Morgan fingerprint density at radius 3 is 1.37 bits per heavy atom. The highest BCUT2D eigenvalue weighted by molar-refractivity contribution is 6.30. The number of rotatable bonds is 12. The van der Waals surface area contributed by atoms with Crippen LogP contribution in [-0.2, 0) is 26.2 Å². The van der Waals surface area contributed by atoms with Crippen molar-refractivity contribution in [3.63, 3.8) is 0 Å². The van der Waals surface area contributed by atoms with Crippen LogP contribution in [0, 0.1) is 0 Å². The summed E-state index contributed by atoms with van der Waals surface area (Å²) in [6.07, 6.45) is 12.1. The third-order valence-corrected chi connectivity index (χ3v) is 8.12. The molecule has 0 saturated heterocycles. The van der Waals surface area contributed by atoms with E-state index in [1.807, 2.05) is 83.0 Å². The average Bonchev–Trinajstić information content (AvgIpc) is 3.74. The van der Waals surface area contributed by atoms with E-state index in [0.29, 0.717) is 48.9 Å². The normalized spacial score (nSPS) is 12.1. The van der Waals surface area contributed by atoms with Gasteiger partial charge in [0.2, 0.25) is 12.7 Å². The zero-order chi connectivity index (χ0) is 31.3. The first kappa shape index (κ1) is 29.0. The minimum atomic E-state index is -0.236. The Hall–Kier alpha value is -5.76. The van der Waals surface area contributed by atoms with Crippen molar-refractivity contribution in [2.24, 2.45) is 0 Å². The summed E-state index contributed by atoms with van der Waals surface area (Å²) in [6, 6.07) is 31.0. The van der Waals surface area contributed by atoms with E-state index < -0.39 is 0 Å². The van der Waals surface area contributed by atoms with E-state index in [4.69, 9.17) is 9.47 Å². The number of hydrogen-bond donors (Lipinski definition) is 0. The summed E-state index contributed by atoms with van der Waals surface area (Å²) in [7, 11) is 0. The highest BCUT2D eigenvalue weighted by Gasteiger charge is 2.35. The molecule has 1 aliphatic rings. The van der Waals surface area contributed by atoms with Gasteiger partial charge >= 0.3 is 0 Å². The minimum absolute atomic E-state index is 0.236. The maximum absolute atomic E-state index is 13.8. The Morgan fingerprint density at radius 1 is 0.522 bits per heavy atom.